The SMILES string of the molecule is Nc1cc(I)c(F)cc1N1CCCOCC1. The first kappa shape index (κ1) is 11.9. The Morgan fingerprint density at radius 2 is 2.12 bits per heavy atom. The van der Waals surface area contributed by atoms with Gasteiger partial charge in [0.2, 0.25) is 0 Å². The molecule has 0 spiro atoms. The summed E-state index contributed by atoms with van der Waals surface area (Å²) >= 11 is 1.95. The Morgan fingerprint density at radius 3 is 2.94 bits per heavy atom. The maximum atomic E-state index is 13.5. The second-order valence-corrected chi connectivity index (χ2v) is 4.94. The smallest absolute Gasteiger partial charge is 0.138 e. The summed E-state index contributed by atoms with van der Waals surface area (Å²) in [5.41, 5.74) is 7.33. The molecule has 1 heterocycles. The van der Waals surface area contributed by atoms with E-state index in [1.807, 2.05) is 22.6 Å². The van der Waals surface area contributed by atoms with Gasteiger partial charge in [0.05, 0.1) is 21.6 Å². The van der Waals surface area contributed by atoms with Crippen molar-refractivity contribution in [2.45, 2.75) is 6.42 Å². The van der Waals surface area contributed by atoms with E-state index >= 15 is 0 Å². The van der Waals surface area contributed by atoms with Gasteiger partial charge in [-0.15, -0.1) is 0 Å². The van der Waals surface area contributed by atoms with Crippen molar-refractivity contribution >= 4 is 34.0 Å². The zero-order chi connectivity index (χ0) is 11.5. The van der Waals surface area contributed by atoms with Crippen LogP contribution in [0.4, 0.5) is 15.8 Å². The van der Waals surface area contributed by atoms with Crippen molar-refractivity contribution < 1.29 is 9.13 Å². The fourth-order valence-corrected chi connectivity index (χ4v) is 2.30. The molecule has 1 aliphatic heterocycles. The molecule has 0 aliphatic carbocycles. The lowest BCUT2D eigenvalue weighted by Crippen LogP contribution is -2.26. The van der Waals surface area contributed by atoms with Crippen LogP contribution in [-0.2, 0) is 4.74 Å². The molecule has 2 rings (SSSR count). The molecule has 1 aromatic rings. The molecule has 0 radical (unpaired) electrons. The Balaban J connectivity index is 2.27. The van der Waals surface area contributed by atoms with E-state index in [-0.39, 0.29) is 5.82 Å². The number of benzene rings is 1. The van der Waals surface area contributed by atoms with Gasteiger partial charge in [0.15, 0.2) is 0 Å². The Labute approximate surface area is 108 Å². The maximum absolute atomic E-state index is 13.5. The molecule has 0 saturated carbocycles. The Kier molecular flexibility index (Phi) is 3.86. The van der Waals surface area contributed by atoms with Crippen LogP contribution in [-0.4, -0.2) is 26.3 Å². The van der Waals surface area contributed by atoms with Crippen molar-refractivity contribution in [1.29, 1.82) is 0 Å². The van der Waals surface area contributed by atoms with Gasteiger partial charge in [-0.3, -0.25) is 0 Å². The molecule has 1 aromatic carbocycles. The average molecular weight is 336 g/mol. The predicted molar refractivity (Wildman–Crippen MR) is 71.2 cm³/mol. The second-order valence-electron chi connectivity index (χ2n) is 3.78. The molecule has 0 unspecified atom stereocenters. The van der Waals surface area contributed by atoms with Crippen LogP contribution in [0.15, 0.2) is 12.1 Å². The normalized spacial score (nSPS) is 17.2. The Hall–Kier alpha value is -0.560. The number of nitrogens with zero attached hydrogens (tertiary/aromatic N) is 1. The van der Waals surface area contributed by atoms with E-state index < -0.39 is 0 Å². The first-order valence-electron chi connectivity index (χ1n) is 5.25. The third-order valence-corrected chi connectivity index (χ3v) is 3.46. The number of nitrogens with two attached hydrogens (primary N) is 1. The molecular formula is C11H14FIN2O. The van der Waals surface area contributed by atoms with Gasteiger partial charge in [0, 0.05) is 25.8 Å². The van der Waals surface area contributed by atoms with Gasteiger partial charge in [0.25, 0.3) is 0 Å². The summed E-state index contributed by atoms with van der Waals surface area (Å²) in [4.78, 5) is 2.08. The Morgan fingerprint density at radius 1 is 1.31 bits per heavy atom. The minimum Gasteiger partial charge on any atom is -0.397 e. The number of ether oxygens (including phenoxy) is 1. The molecule has 1 saturated heterocycles. The minimum atomic E-state index is -0.213. The van der Waals surface area contributed by atoms with Gasteiger partial charge in [0.1, 0.15) is 5.82 Å². The van der Waals surface area contributed by atoms with Gasteiger partial charge < -0.3 is 15.4 Å². The summed E-state index contributed by atoms with van der Waals surface area (Å²) in [5.74, 6) is -0.213. The highest BCUT2D eigenvalue weighted by atomic mass is 127. The quantitative estimate of drug-likeness (QED) is 0.632. The van der Waals surface area contributed by atoms with E-state index in [9.17, 15) is 4.39 Å². The topological polar surface area (TPSA) is 38.5 Å². The number of rotatable bonds is 1. The summed E-state index contributed by atoms with van der Waals surface area (Å²) in [7, 11) is 0. The third kappa shape index (κ3) is 2.57. The highest BCUT2D eigenvalue weighted by Crippen LogP contribution is 2.28. The zero-order valence-corrected chi connectivity index (χ0v) is 11.0. The standard InChI is InChI=1S/C11H14FIN2O/c12-8-6-11(10(14)7-9(8)13)15-2-1-4-16-5-3-15/h6-7H,1-5,14H2. The van der Waals surface area contributed by atoms with Gasteiger partial charge in [-0.05, 0) is 35.1 Å². The fraction of sp³-hybridized carbons (Fsp3) is 0.455. The summed E-state index contributed by atoms with van der Waals surface area (Å²) < 4.78 is 19.4. The van der Waals surface area contributed by atoms with Crippen LogP contribution in [0.25, 0.3) is 0 Å². The van der Waals surface area contributed by atoms with Crippen LogP contribution in [0, 0.1) is 9.39 Å². The van der Waals surface area contributed by atoms with Crippen LogP contribution < -0.4 is 10.6 Å². The second kappa shape index (κ2) is 5.18. The van der Waals surface area contributed by atoms with Crippen LogP contribution in [0.1, 0.15) is 6.42 Å². The lowest BCUT2D eigenvalue weighted by atomic mass is 10.2. The lowest BCUT2D eigenvalue weighted by Gasteiger charge is -2.23. The van der Waals surface area contributed by atoms with E-state index in [1.165, 1.54) is 6.07 Å². The number of hydrogen-bond donors (Lipinski definition) is 1. The summed E-state index contributed by atoms with van der Waals surface area (Å²) in [6.45, 7) is 3.07. The van der Waals surface area contributed by atoms with Crippen molar-refractivity contribution in [3.05, 3.63) is 21.5 Å². The summed E-state index contributed by atoms with van der Waals surface area (Å²) in [6, 6.07) is 3.19. The average Bonchev–Trinajstić information content (AvgIpc) is 2.52. The van der Waals surface area contributed by atoms with E-state index in [1.54, 1.807) is 6.07 Å². The van der Waals surface area contributed by atoms with Crippen molar-refractivity contribution in [2.24, 2.45) is 0 Å². The molecule has 0 aromatic heterocycles. The molecule has 16 heavy (non-hydrogen) atoms. The monoisotopic (exact) mass is 336 g/mol. The highest BCUT2D eigenvalue weighted by molar-refractivity contribution is 14.1. The molecule has 0 atom stereocenters. The summed E-state index contributed by atoms with van der Waals surface area (Å²) in [6.07, 6.45) is 0.951. The Bertz CT molecular complexity index is 378. The molecule has 0 amide bonds. The lowest BCUT2D eigenvalue weighted by molar-refractivity contribution is 0.152. The first-order chi connectivity index (χ1) is 7.68. The van der Waals surface area contributed by atoms with Crippen molar-refractivity contribution in [3.63, 3.8) is 0 Å². The zero-order valence-electron chi connectivity index (χ0n) is 8.88. The maximum Gasteiger partial charge on any atom is 0.138 e. The molecule has 88 valence electrons. The van der Waals surface area contributed by atoms with Crippen molar-refractivity contribution in [2.75, 3.05) is 36.9 Å². The van der Waals surface area contributed by atoms with Crippen molar-refractivity contribution in [3.8, 4) is 0 Å². The molecule has 0 bridgehead atoms. The predicted octanol–water partition coefficient (Wildman–Crippen LogP) is 2.24. The first-order valence-corrected chi connectivity index (χ1v) is 6.33. The molecular weight excluding hydrogens is 322 g/mol. The molecule has 1 aliphatic rings. The highest BCUT2D eigenvalue weighted by Gasteiger charge is 2.14. The summed E-state index contributed by atoms with van der Waals surface area (Å²) in [5, 5.41) is 0. The molecule has 3 nitrogen and oxygen atoms in total. The van der Waals surface area contributed by atoms with E-state index in [0.29, 0.717) is 15.9 Å². The van der Waals surface area contributed by atoms with Gasteiger partial charge in [-0.1, -0.05) is 0 Å². The van der Waals surface area contributed by atoms with Crippen LogP contribution in [0.2, 0.25) is 0 Å². The third-order valence-electron chi connectivity index (χ3n) is 2.63. The van der Waals surface area contributed by atoms with Crippen LogP contribution >= 0.6 is 22.6 Å². The van der Waals surface area contributed by atoms with Gasteiger partial charge in [-0.2, -0.15) is 0 Å². The van der Waals surface area contributed by atoms with Crippen LogP contribution in [0.5, 0.6) is 0 Å². The van der Waals surface area contributed by atoms with E-state index in [0.717, 1.165) is 31.8 Å². The van der Waals surface area contributed by atoms with Crippen LogP contribution in [0.3, 0.4) is 0 Å². The minimum absolute atomic E-state index is 0.213. The molecule has 5 heteroatoms. The number of nitrogen functional groups attached to an aromatic ring is 1. The van der Waals surface area contributed by atoms with E-state index in [4.69, 9.17) is 10.5 Å². The van der Waals surface area contributed by atoms with Gasteiger partial charge in [-0.25, -0.2) is 4.39 Å². The van der Waals surface area contributed by atoms with Crippen molar-refractivity contribution in [1.82, 2.24) is 0 Å². The number of anilines is 2. The molecule has 2 N–H and O–H groups in total. The number of halogens is 2. The fourth-order valence-electron chi connectivity index (χ4n) is 1.81. The largest absolute Gasteiger partial charge is 0.397 e. The van der Waals surface area contributed by atoms with Gasteiger partial charge >= 0.3 is 0 Å². The molecule has 1 fully saturated rings. The number of hydrogen-bond acceptors (Lipinski definition) is 3. The van der Waals surface area contributed by atoms with E-state index in [2.05, 4.69) is 4.90 Å².